The minimum absolute atomic E-state index is 0.0276. The van der Waals surface area contributed by atoms with Gasteiger partial charge in [-0.25, -0.2) is 0 Å². The van der Waals surface area contributed by atoms with Gasteiger partial charge in [0.25, 0.3) is 5.91 Å². The van der Waals surface area contributed by atoms with Crippen LogP contribution in [-0.4, -0.2) is 46.8 Å². The van der Waals surface area contributed by atoms with Gasteiger partial charge in [-0.15, -0.1) is 0 Å². The van der Waals surface area contributed by atoms with Crippen LogP contribution in [0.1, 0.15) is 159 Å². The van der Waals surface area contributed by atoms with E-state index in [1.165, 1.54) is 77.3 Å². The van der Waals surface area contributed by atoms with Crippen molar-refractivity contribution < 1.29 is 9.59 Å². The predicted octanol–water partition coefficient (Wildman–Crippen LogP) is 9.15. The van der Waals surface area contributed by atoms with Crippen LogP contribution in [-0.2, 0) is 11.2 Å². The molecule has 6 aliphatic rings. The molecule has 6 heteroatoms. The van der Waals surface area contributed by atoms with E-state index in [2.05, 4.69) is 75.0 Å². The third kappa shape index (κ3) is 6.98. The van der Waals surface area contributed by atoms with Gasteiger partial charge < -0.3 is 10.6 Å². The van der Waals surface area contributed by atoms with Crippen LogP contribution in [0.4, 0.5) is 0 Å². The van der Waals surface area contributed by atoms with Gasteiger partial charge in [-0.05, 0) is 161 Å². The highest BCUT2D eigenvalue weighted by Crippen LogP contribution is 2.54. The molecule has 3 aromatic rings. The number of benzene rings is 3. The van der Waals surface area contributed by atoms with Gasteiger partial charge >= 0.3 is 0 Å². The molecule has 4 fully saturated rings. The Balaban J connectivity index is 0.664. The lowest BCUT2D eigenvalue weighted by Crippen LogP contribution is -2.38. The zero-order valence-corrected chi connectivity index (χ0v) is 31.0. The van der Waals surface area contributed by atoms with E-state index in [0.29, 0.717) is 48.6 Å². The molecule has 9 rings (SSSR count). The molecule has 4 atom stereocenters. The Kier molecular flexibility index (Phi) is 9.96. The van der Waals surface area contributed by atoms with Gasteiger partial charge in [0.1, 0.15) is 0 Å². The number of hydrogen-bond donors (Lipinski definition) is 2. The molecule has 274 valence electrons. The van der Waals surface area contributed by atoms with Crippen molar-refractivity contribution >= 4 is 11.8 Å². The van der Waals surface area contributed by atoms with Crippen molar-refractivity contribution in [2.75, 3.05) is 13.1 Å². The first-order valence-corrected chi connectivity index (χ1v) is 21.0. The molecule has 6 nitrogen and oxygen atoms in total. The van der Waals surface area contributed by atoms with Crippen LogP contribution in [0.2, 0.25) is 0 Å². The van der Waals surface area contributed by atoms with Crippen LogP contribution in [0.15, 0.2) is 72.8 Å². The summed E-state index contributed by atoms with van der Waals surface area (Å²) in [5.41, 5.74) is 8.09. The van der Waals surface area contributed by atoms with Gasteiger partial charge in [0.15, 0.2) is 0 Å². The number of rotatable bonds is 12. The first-order valence-electron chi connectivity index (χ1n) is 21.0. The molecule has 2 saturated heterocycles. The first-order chi connectivity index (χ1) is 25.6. The number of aryl methyl sites for hydroxylation is 1. The maximum Gasteiger partial charge on any atom is 0.251 e. The SMILES string of the molecule is O=C(CCc1cccc(C(=O)NC2CCC(CCN3C4CCC3c3ccccc34)CC2)c1)NC1CCC(CCN2C3CCC2c2ccccc23)CC1. The smallest absolute Gasteiger partial charge is 0.251 e. The van der Waals surface area contributed by atoms with Crippen LogP contribution >= 0.6 is 0 Å². The number of carbonyl (C=O) groups excluding carboxylic acids is 2. The summed E-state index contributed by atoms with van der Waals surface area (Å²) < 4.78 is 0. The van der Waals surface area contributed by atoms with E-state index in [4.69, 9.17) is 0 Å². The van der Waals surface area contributed by atoms with E-state index in [9.17, 15) is 9.59 Å². The second-order valence-electron chi connectivity index (χ2n) is 17.2. The van der Waals surface area contributed by atoms with Gasteiger partial charge in [0.2, 0.25) is 5.91 Å². The Morgan fingerprint density at radius 3 is 1.48 bits per heavy atom. The fraction of sp³-hybridized carbons (Fsp3) is 0.565. The van der Waals surface area contributed by atoms with Crippen LogP contribution in [0.25, 0.3) is 0 Å². The number of amides is 2. The third-order valence-corrected chi connectivity index (χ3v) is 14.3. The first kappa shape index (κ1) is 34.3. The van der Waals surface area contributed by atoms with Gasteiger partial charge in [-0.1, -0.05) is 60.7 Å². The molecule has 2 N–H and O–H groups in total. The summed E-state index contributed by atoms with van der Waals surface area (Å²) in [7, 11) is 0. The number of nitrogens with zero attached hydrogens (tertiary/aromatic N) is 2. The molecule has 52 heavy (non-hydrogen) atoms. The summed E-state index contributed by atoms with van der Waals surface area (Å²) in [6.45, 7) is 2.41. The third-order valence-electron chi connectivity index (χ3n) is 14.3. The van der Waals surface area contributed by atoms with E-state index in [1.807, 2.05) is 18.2 Å². The van der Waals surface area contributed by atoms with Crippen molar-refractivity contribution in [3.8, 4) is 0 Å². The summed E-state index contributed by atoms with van der Waals surface area (Å²) >= 11 is 0. The Hall–Kier alpha value is -3.48. The monoisotopic (exact) mass is 698 g/mol. The topological polar surface area (TPSA) is 64.7 Å². The fourth-order valence-electron chi connectivity index (χ4n) is 11.5. The van der Waals surface area contributed by atoms with Crippen molar-refractivity contribution in [2.24, 2.45) is 11.8 Å². The van der Waals surface area contributed by atoms with Crippen LogP contribution in [0.3, 0.4) is 0 Å². The molecule has 0 radical (unpaired) electrons. The molecule has 0 aromatic heterocycles. The van der Waals surface area contributed by atoms with Crippen LogP contribution in [0.5, 0.6) is 0 Å². The maximum atomic E-state index is 13.3. The zero-order chi connectivity index (χ0) is 35.0. The lowest BCUT2D eigenvalue weighted by molar-refractivity contribution is -0.122. The number of fused-ring (bicyclic) bond motifs is 10. The summed E-state index contributed by atoms with van der Waals surface area (Å²) in [4.78, 5) is 31.8. The van der Waals surface area contributed by atoms with Crippen molar-refractivity contribution in [3.63, 3.8) is 0 Å². The molecule has 4 bridgehead atoms. The molecular weight excluding hydrogens is 641 g/mol. The molecule has 2 aliphatic carbocycles. The number of carbonyl (C=O) groups is 2. The molecular formula is C46H58N4O2. The molecule has 2 saturated carbocycles. The minimum atomic E-state index is 0.0276. The molecule has 2 amide bonds. The van der Waals surface area contributed by atoms with Crippen molar-refractivity contribution in [2.45, 2.75) is 139 Å². The largest absolute Gasteiger partial charge is 0.353 e. The Labute approximate surface area is 311 Å². The van der Waals surface area contributed by atoms with Crippen LogP contribution < -0.4 is 10.6 Å². The second kappa shape index (κ2) is 15.1. The summed E-state index contributed by atoms with van der Waals surface area (Å²) in [6, 6.07) is 29.2. The Morgan fingerprint density at radius 1 is 0.538 bits per heavy atom. The molecule has 3 aromatic carbocycles. The Morgan fingerprint density at radius 2 is 1.00 bits per heavy atom. The summed E-state index contributed by atoms with van der Waals surface area (Å²) in [5.74, 6) is 1.70. The maximum absolute atomic E-state index is 13.3. The zero-order valence-electron chi connectivity index (χ0n) is 31.0. The molecule has 4 aliphatic heterocycles. The van der Waals surface area contributed by atoms with E-state index < -0.39 is 0 Å². The van der Waals surface area contributed by atoms with Gasteiger partial charge in [0, 0.05) is 48.2 Å². The van der Waals surface area contributed by atoms with Gasteiger partial charge in [-0.2, -0.15) is 0 Å². The highest BCUT2D eigenvalue weighted by molar-refractivity contribution is 5.94. The van der Waals surface area contributed by atoms with Crippen molar-refractivity contribution in [3.05, 3.63) is 106 Å². The second-order valence-corrected chi connectivity index (χ2v) is 17.2. The van der Waals surface area contributed by atoms with E-state index in [-0.39, 0.29) is 17.9 Å². The highest BCUT2D eigenvalue weighted by atomic mass is 16.2. The summed E-state index contributed by atoms with van der Waals surface area (Å²) in [6.07, 6.45) is 18.1. The summed E-state index contributed by atoms with van der Waals surface area (Å²) in [5, 5.41) is 6.69. The minimum Gasteiger partial charge on any atom is -0.353 e. The lowest BCUT2D eigenvalue weighted by Gasteiger charge is -2.31. The molecule has 0 spiro atoms. The average Bonchev–Trinajstić information content (AvgIpc) is 3.95. The molecule has 4 unspecified atom stereocenters. The fourth-order valence-corrected chi connectivity index (χ4v) is 11.5. The van der Waals surface area contributed by atoms with Crippen molar-refractivity contribution in [1.29, 1.82) is 0 Å². The standard InChI is InChI=1S/C46H58N4O2/c51-45(47-35-17-12-31(13-18-35)26-28-49-41-21-22-42(49)38-9-2-1-8-37(38)41)25-16-33-6-5-7-34(30-33)46(52)48-36-19-14-32(15-20-36)27-29-50-43-23-24-44(50)40-11-4-3-10-39(40)43/h1-11,30-32,35-36,41-44H,12-29H2,(H,47,51)(H,48,52). The number of hydrogen-bond acceptors (Lipinski definition) is 4. The Bertz CT molecular complexity index is 1680. The lowest BCUT2D eigenvalue weighted by atomic mass is 9.84. The van der Waals surface area contributed by atoms with Crippen molar-refractivity contribution in [1.82, 2.24) is 20.4 Å². The van der Waals surface area contributed by atoms with Crippen LogP contribution in [0, 0.1) is 11.8 Å². The average molecular weight is 699 g/mol. The normalized spacial score (nSPS) is 30.6. The van der Waals surface area contributed by atoms with E-state index >= 15 is 0 Å². The van der Waals surface area contributed by atoms with Gasteiger partial charge in [-0.3, -0.25) is 19.4 Å². The predicted molar refractivity (Wildman–Crippen MR) is 207 cm³/mol. The van der Waals surface area contributed by atoms with Gasteiger partial charge in [0.05, 0.1) is 0 Å². The van der Waals surface area contributed by atoms with E-state index in [0.717, 1.165) is 43.1 Å². The highest BCUT2D eigenvalue weighted by Gasteiger charge is 2.44. The molecule has 4 heterocycles. The van der Waals surface area contributed by atoms with E-state index in [1.54, 1.807) is 22.3 Å². The number of nitrogens with one attached hydrogen (secondary N) is 2. The quantitative estimate of drug-likeness (QED) is 0.198.